The van der Waals surface area contributed by atoms with Gasteiger partial charge in [-0.2, -0.15) is 0 Å². The van der Waals surface area contributed by atoms with Crippen molar-refractivity contribution >= 4 is 0 Å². The lowest BCUT2D eigenvalue weighted by Gasteiger charge is -2.13. The van der Waals surface area contributed by atoms with Crippen LogP contribution in [0.25, 0.3) is 0 Å². The number of furan rings is 1. The molecule has 0 spiro atoms. The Kier molecular flexibility index (Phi) is 5.25. The van der Waals surface area contributed by atoms with Gasteiger partial charge in [-0.15, -0.1) is 0 Å². The predicted molar refractivity (Wildman–Crippen MR) is 102 cm³/mol. The first-order chi connectivity index (χ1) is 12.4. The van der Waals surface area contributed by atoms with Crippen LogP contribution in [-0.2, 0) is 13.0 Å². The smallest absolute Gasteiger partial charge is 0.103 e. The second-order valence-corrected chi connectivity index (χ2v) is 7.50. The molecule has 4 rings (SSSR count). The van der Waals surface area contributed by atoms with E-state index in [1.165, 1.54) is 56.9 Å². The second kappa shape index (κ2) is 7.95. The number of aryl methyl sites for hydroxylation is 1. The Hall–Kier alpha value is -1.96. The van der Waals surface area contributed by atoms with Crippen molar-refractivity contribution in [3.63, 3.8) is 0 Å². The predicted octanol–water partition coefficient (Wildman–Crippen LogP) is 6.10. The molecule has 132 valence electrons. The molecule has 2 aromatic rings. The van der Waals surface area contributed by atoms with Crippen molar-refractivity contribution in [1.29, 1.82) is 0 Å². The minimum Gasteiger partial charge on any atom is -0.469 e. The molecule has 0 bridgehead atoms. The van der Waals surface area contributed by atoms with Gasteiger partial charge in [0.1, 0.15) is 5.76 Å². The van der Waals surface area contributed by atoms with Crippen molar-refractivity contribution in [3.05, 3.63) is 71.3 Å². The van der Waals surface area contributed by atoms with Crippen LogP contribution in [0.3, 0.4) is 0 Å². The quantitative estimate of drug-likeness (QED) is 0.449. The zero-order valence-corrected chi connectivity index (χ0v) is 15.1. The molecule has 2 heteroatoms. The molecular weight excluding hydrogens is 306 g/mol. The molecular formula is C23H29NO. The highest BCUT2D eigenvalue weighted by molar-refractivity contribution is 5.35. The third kappa shape index (κ3) is 4.18. The van der Waals surface area contributed by atoms with Crippen molar-refractivity contribution in [2.24, 2.45) is 0 Å². The summed E-state index contributed by atoms with van der Waals surface area (Å²) in [7, 11) is 0. The topological polar surface area (TPSA) is 16.1 Å². The van der Waals surface area contributed by atoms with Gasteiger partial charge in [0.25, 0.3) is 0 Å². The highest BCUT2D eigenvalue weighted by atomic mass is 16.3. The summed E-state index contributed by atoms with van der Waals surface area (Å²) in [6.45, 7) is 1.09. The van der Waals surface area contributed by atoms with E-state index in [1.54, 1.807) is 17.5 Å². The molecule has 1 atom stereocenters. The average molecular weight is 335 g/mol. The normalized spacial score (nSPS) is 20.2. The van der Waals surface area contributed by atoms with E-state index in [1.807, 2.05) is 6.07 Å². The minimum atomic E-state index is 0.699. The van der Waals surface area contributed by atoms with Crippen LogP contribution in [0.2, 0.25) is 0 Å². The van der Waals surface area contributed by atoms with Crippen molar-refractivity contribution in [3.8, 4) is 0 Å². The van der Waals surface area contributed by atoms with Crippen LogP contribution in [0.5, 0.6) is 0 Å². The zero-order chi connectivity index (χ0) is 16.9. The highest BCUT2D eigenvalue weighted by Gasteiger charge is 2.41. The Bertz CT molecular complexity index is 678. The first-order valence-electron chi connectivity index (χ1n) is 9.97. The summed E-state index contributed by atoms with van der Waals surface area (Å²) in [5.74, 6) is 1.13. The fourth-order valence-electron chi connectivity index (χ4n) is 4.31. The van der Waals surface area contributed by atoms with Gasteiger partial charge in [-0.1, -0.05) is 43.2 Å². The van der Waals surface area contributed by atoms with Crippen LogP contribution >= 0.6 is 0 Å². The summed E-state index contributed by atoms with van der Waals surface area (Å²) in [5.41, 5.74) is 4.90. The van der Waals surface area contributed by atoms with Gasteiger partial charge in [0, 0.05) is 18.7 Å². The van der Waals surface area contributed by atoms with E-state index in [9.17, 15) is 0 Å². The van der Waals surface area contributed by atoms with Gasteiger partial charge in [-0.05, 0) is 61.8 Å². The highest BCUT2D eigenvalue weighted by Crippen LogP contribution is 2.44. The van der Waals surface area contributed by atoms with Crippen LogP contribution in [0.4, 0.5) is 0 Å². The lowest BCUT2D eigenvalue weighted by atomic mass is 9.93. The summed E-state index contributed by atoms with van der Waals surface area (Å²) in [6.07, 6.45) is 13.5. The van der Waals surface area contributed by atoms with Crippen LogP contribution in [0, 0.1) is 0 Å². The first kappa shape index (κ1) is 16.5. The maximum Gasteiger partial charge on any atom is 0.103 e. The van der Waals surface area contributed by atoms with Crippen LogP contribution < -0.4 is 0 Å². The Morgan fingerprint density at radius 3 is 2.52 bits per heavy atom. The molecule has 1 saturated heterocycles. The summed E-state index contributed by atoms with van der Waals surface area (Å²) in [6, 6.07) is 15.7. The molecule has 2 heterocycles. The lowest BCUT2D eigenvalue weighted by Crippen LogP contribution is -2.02. The van der Waals surface area contributed by atoms with Gasteiger partial charge in [0.05, 0.1) is 12.3 Å². The van der Waals surface area contributed by atoms with E-state index >= 15 is 0 Å². The molecule has 2 nitrogen and oxygen atoms in total. The Labute approximate surface area is 151 Å². The standard InChI is InChI=1S/C23H29NO/c1-3-10-19(11-4-1)18-24-22(23(24)20-12-5-2-6-13-20)16-8-7-14-21-15-9-17-25-21/h1,3-4,9-11,15,17,22H,2,5-8,12-14,16,18H2. The van der Waals surface area contributed by atoms with E-state index in [0.717, 1.165) is 18.7 Å². The summed E-state index contributed by atoms with van der Waals surface area (Å²) in [4.78, 5) is 2.67. The number of hydrogen-bond acceptors (Lipinski definition) is 2. The maximum atomic E-state index is 5.45. The molecule has 0 amide bonds. The number of unbranched alkanes of at least 4 members (excludes halogenated alkanes) is 1. The third-order valence-corrected chi connectivity index (χ3v) is 5.68. The fourth-order valence-corrected chi connectivity index (χ4v) is 4.31. The van der Waals surface area contributed by atoms with E-state index in [4.69, 9.17) is 4.42 Å². The van der Waals surface area contributed by atoms with E-state index in [-0.39, 0.29) is 0 Å². The molecule has 1 unspecified atom stereocenters. The summed E-state index contributed by atoms with van der Waals surface area (Å²) < 4.78 is 5.45. The molecule has 1 aromatic carbocycles. The van der Waals surface area contributed by atoms with Crippen molar-refractivity contribution in [2.45, 2.75) is 70.4 Å². The van der Waals surface area contributed by atoms with Gasteiger partial charge < -0.3 is 9.32 Å². The number of allylic oxidation sites excluding steroid dienone is 1. The second-order valence-electron chi connectivity index (χ2n) is 7.50. The average Bonchev–Trinajstić information content (AvgIpc) is 3.07. The molecule has 1 saturated carbocycles. The van der Waals surface area contributed by atoms with Gasteiger partial charge in [-0.25, -0.2) is 0 Å². The Morgan fingerprint density at radius 1 is 0.920 bits per heavy atom. The molecule has 2 fully saturated rings. The zero-order valence-electron chi connectivity index (χ0n) is 15.1. The van der Waals surface area contributed by atoms with Crippen molar-refractivity contribution in [2.75, 3.05) is 0 Å². The van der Waals surface area contributed by atoms with Gasteiger partial charge in [0.15, 0.2) is 0 Å². The van der Waals surface area contributed by atoms with Crippen LogP contribution in [0.15, 0.2) is 64.4 Å². The molecule has 1 aromatic heterocycles. The molecule has 1 aliphatic heterocycles. The number of hydrogen-bond donors (Lipinski definition) is 0. The largest absolute Gasteiger partial charge is 0.469 e. The molecule has 2 aliphatic rings. The lowest BCUT2D eigenvalue weighted by molar-refractivity contribution is 0.467. The maximum absolute atomic E-state index is 5.45. The first-order valence-corrected chi connectivity index (χ1v) is 9.97. The van der Waals surface area contributed by atoms with Gasteiger partial charge in [-0.3, -0.25) is 0 Å². The van der Waals surface area contributed by atoms with Gasteiger partial charge >= 0.3 is 0 Å². The fraction of sp³-hybridized carbons (Fsp3) is 0.478. The SMILES string of the molecule is c1ccc(CN2C(=C3CCCCC3)C2CCCCc2ccco2)cc1. The van der Waals surface area contributed by atoms with Crippen molar-refractivity contribution in [1.82, 2.24) is 4.90 Å². The van der Waals surface area contributed by atoms with Gasteiger partial charge in [0.2, 0.25) is 0 Å². The third-order valence-electron chi connectivity index (χ3n) is 5.68. The van der Waals surface area contributed by atoms with E-state index in [0.29, 0.717) is 6.04 Å². The summed E-state index contributed by atoms with van der Waals surface area (Å²) >= 11 is 0. The van der Waals surface area contributed by atoms with Crippen LogP contribution in [0.1, 0.15) is 62.7 Å². The Morgan fingerprint density at radius 2 is 1.76 bits per heavy atom. The van der Waals surface area contributed by atoms with Crippen LogP contribution in [-0.4, -0.2) is 10.9 Å². The summed E-state index contributed by atoms with van der Waals surface area (Å²) in [5, 5.41) is 0. The Balaban J connectivity index is 1.35. The number of nitrogens with zero attached hydrogens (tertiary/aromatic N) is 1. The van der Waals surface area contributed by atoms with Crippen molar-refractivity contribution < 1.29 is 4.42 Å². The van der Waals surface area contributed by atoms with E-state index < -0.39 is 0 Å². The molecule has 1 aliphatic carbocycles. The molecule has 0 N–H and O–H groups in total. The number of benzene rings is 1. The van der Waals surface area contributed by atoms with E-state index in [2.05, 4.69) is 41.3 Å². The molecule has 25 heavy (non-hydrogen) atoms. The minimum absolute atomic E-state index is 0.699. The molecule has 0 radical (unpaired) electrons. The monoisotopic (exact) mass is 335 g/mol. The number of rotatable bonds is 7.